The predicted octanol–water partition coefficient (Wildman–Crippen LogP) is 5.69. The molecule has 0 bridgehead atoms. The Hall–Kier alpha value is -4.11. The van der Waals surface area contributed by atoms with Gasteiger partial charge in [-0.2, -0.15) is 21.9 Å². The molecule has 0 aliphatic carbocycles. The van der Waals surface area contributed by atoms with Crippen LogP contribution in [0.1, 0.15) is 22.3 Å². The van der Waals surface area contributed by atoms with Crippen LogP contribution in [-0.4, -0.2) is 16.6 Å². The largest absolute Gasteiger partial charge is 0.383 e. The number of hydrogen-bond donors (Lipinski definition) is 1. The molecule has 2 aromatic carbocycles. The number of aromatic nitrogens is 1. The average Bonchev–Trinajstić information content (AvgIpc) is 3.36. The van der Waals surface area contributed by atoms with Gasteiger partial charge in [0.05, 0.1) is 22.7 Å². The zero-order valence-corrected chi connectivity index (χ0v) is 20.2. The molecular formula is C27H19N5OS2. The molecule has 1 amide bonds. The maximum atomic E-state index is 13.7. The van der Waals surface area contributed by atoms with Crippen molar-refractivity contribution in [1.82, 2.24) is 4.98 Å². The molecule has 6 nitrogen and oxygen atoms in total. The van der Waals surface area contributed by atoms with Crippen LogP contribution in [0.25, 0.3) is 11.1 Å². The molecule has 1 aliphatic heterocycles. The van der Waals surface area contributed by atoms with E-state index in [1.807, 2.05) is 53.2 Å². The molecule has 35 heavy (non-hydrogen) atoms. The number of pyridine rings is 1. The molecule has 170 valence electrons. The smallest absolute Gasteiger partial charge is 0.241 e. The van der Waals surface area contributed by atoms with Crippen molar-refractivity contribution in [3.63, 3.8) is 0 Å². The maximum absolute atomic E-state index is 13.7. The Balaban J connectivity index is 1.53. The molecule has 2 aromatic heterocycles. The van der Waals surface area contributed by atoms with Crippen molar-refractivity contribution in [3.8, 4) is 23.3 Å². The number of amides is 1. The number of aryl methyl sites for hydroxylation is 2. The van der Waals surface area contributed by atoms with Crippen LogP contribution in [0.2, 0.25) is 0 Å². The van der Waals surface area contributed by atoms with Gasteiger partial charge in [0.25, 0.3) is 0 Å². The summed E-state index contributed by atoms with van der Waals surface area (Å²) in [6.45, 7) is 0. The molecule has 1 aliphatic rings. The van der Waals surface area contributed by atoms with E-state index in [4.69, 9.17) is 5.73 Å². The third-order valence-electron chi connectivity index (χ3n) is 5.94. The van der Waals surface area contributed by atoms with Crippen molar-refractivity contribution in [2.24, 2.45) is 0 Å². The fourth-order valence-corrected chi connectivity index (χ4v) is 5.83. The first-order valence-corrected chi connectivity index (χ1v) is 12.8. The lowest BCUT2D eigenvalue weighted by molar-refractivity contribution is -0.115. The minimum atomic E-state index is -0.123. The molecule has 0 radical (unpaired) electrons. The zero-order chi connectivity index (χ0) is 24.4. The number of hydrogen-bond acceptors (Lipinski definition) is 7. The number of thiophene rings is 1. The van der Waals surface area contributed by atoms with Gasteiger partial charge in [0.15, 0.2) is 0 Å². The number of carbonyl (C=O) groups is 1. The van der Waals surface area contributed by atoms with Crippen LogP contribution in [0.3, 0.4) is 0 Å². The van der Waals surface area contributed by atoms with Crippen LogP contribution in [0.15, 0.2) is 70.4 Å². The van der Waals surface area contributed by atoms with Gasteiger partial charge in [-0.15, -0.1) is 0 Å². The van der Waals surface area contributed by atoms with Gasteiger partial charge >= 0.3 is 0 Å². The van der Waals surface area contributed by atoms with Crippen molar-refractivity contribution < 1.29 is 4.79 Å². The van der Waals surface area contributed by atoms with Gasteiger partial charge in [-0.3, -0.25) is 9.69 Å². The van der Waals surface area contributed by atoms with E-state index in [2.05, 4.69) is 29.3 Å². The second-order valence-corrected chi connectivity index (χ2v) is 9.68. The quantitative estimate of drug-likeness (QED) is 0.366. The van der Waals surface area contributed by atoms with Gasteiger partial charge in [-0.1, -0.05) is 48.2 Å². The number of fused-ring (bicyclic) bond motifs is 2. The molecule has 8 heteroatoms. The lowest BCUT2D eigenvalue weighted by atomic mass is 9.99. The number of rotatable bonds is 4. The molecule has 5 rings (SSSR count). The zero-order valence-electron chi connectivity index (χ0n) is 18.6. The Morgan fingerprint density at radius 2 is 1.63 bits per heavy atom. The third-order valence-corrected chi connectivity index (χ3v) is 7.58. The van der Waals surface area contributed by atoms with Crippen LogP contribution in [0, 0.1) is 22.7 Å². The van der Waals surface area contributed by atoms with Gasteiger partial charge in [-0.05, 0) is 58.5 Å². The summed E-state index contributed by atoms with van der Waals surface area (Å²) in [4.78, 5) is 19.8. The van der Waals surface area contributed by atoms with E-state index in [9.17, 15) is 15.3 Å². The molecule has 0 atom stereocenters. The summed E-state index contributed by atoms with van der Waals surface area (Å²) in [7, 11) is 0. The molecule has 2 N–H and O–H groups in total. The summed E-state index contributed by atoms with van der Waals surface area (Å²) < 4.78 is 0. The highest BCUT2D eigenvalue weighted by molar-refractivity contribution is 8.00. The minimum Gasteiger partial charge on any atom is -0.383 e. The van der Waals surface area contributed by atoms with Crippen molar-refractivity contribution in [2.45, 2.75) is 17.9 Å². The summed E-state index contributed by atoms with van der Waals surface area (Å²) in [6, 6.07) is 22.0. The predicted molar refractivity (Wildman–Crippen MR) is 140 cm³/mol. The standard InChI is InChI=1S/C27H19N5OS2/c28-13-20-25(19-11-12-34-15-19)21(14-29)27(31-26(20)30)35-16-24(33)32-22-7-3-1-5-17(22)9-10-18-6-2-4-8-23(18)32/h1-8,11-12,15H,9-10,16H2,(H2,30,31). The van der Waals surface area contributed by atoms with Crippen molar-refractivity contribution in [1.29, 1.82) is 10.5 Å². The fraction of sp³-hybridized carbons (Fsp3) is 0.111. The van der Waals surface area contributed by atoms with Gasteiger partial charge in [0.2, 0.25) is 5.91 Å². The molecular weight excluding hydrogens is 474 g/mol. The number of carbonyl (C=O) groups excluding carboxylic acids is 1. The summed E-state index contributed by atoms with van der Waals surface area (Å²) in [6.07, 6.45) is 1.70. The number of para-hydroxylation sites is 2. The lowest BCUT2D eigenvalue weighted by Gasteiger charge is -2.25. The second kappa shape index (κ2) is 9.63. The molecule has 0 saturated heterocycles. The first kappa shape index (κ1) is 22.7. The average molecular weight is 494 g/mol. The first-order valence-electron chi connectivity index (χ1n) is 10.9. The number of nitrogens with zero attached hydrogens (tertiary/aromatic N) is 4. The van der Waals surface area contributed by atoms with E-state index in [1.165, 1.54) is 11.3 Å². The number of nitriles is 2. The van der Waals surface area contributed by atoms with E-state index >= 15 is 0 Å². The number of thioether (sulfide) groups is 1. The van der Waals surface area contributed by atoms with Crippen molar-refractivity contribution >= 4 is 46.2 Å². The molecule has 0 unspecified atom stereocenters. The van der Waals surface area contributed by atoms with Crippen molar-refractivity contribution in [3.05, 3.63) is 87.6 Å². The highest BCUT2D eigenvalue weighted by Crippen LogP contribution is 2.39. The monoisotopic (exact) mass is 493 g/mol. The summed E-state index contributed by atoms with van der Waals surface area (Å²) in [5, 5.41) is 23.7. The summed E-state index contributed by atoms with van der Waals surface area (Å²) >= 11 is 2.63. The van der Waals surface area contributed by atoms with Crippen LogP contribution in [0.4, 0.5) is 17.2 Å². The molecule has 4 aromatic rings. The highest BCUT2D eigenvalue weighted by Gasteiger charge is 2.27. The lowest BCUT2D eigenvalue weighted by Crippen LogP contribution is -2.28. The normalized spacial score (nSPS) is 12.1. The summed E-state index contributed by atoms with van der Waals surface area (Å²) in [5.41, 5.74) is 11.7. The van der Waals surface area contributed by atoms with E-state index in [0.29, 0.717) is 10.6 Å². The minimum absolute atomic E-state index is 0.0492. The molecule has 0 spiro atoms. The Morgan fingerprint density at radius 1 is 1.00 bits per heavy atom. The van der Waals surface area contributed by atoms with Crippen LogP contribution < -0.4 is 10.6 Å². The molecule has 0 saturated carbocycles. The first-order chi connectivity index (χ1) is 17.1. The number of nitrogen functional groups attached to an aromatic ring is 1. The number of nitrogens with two attached hydrogens (primary N) is 1. The van der Waals surface area contributed by atoms with Gasteiger partial charge in [-0.25, -0.2) is 4.98 Å². The Bertz CT molecular complexity index is 1470. The third kappa shape index (κ3) is 4.15. The van der Waals surface area contributed by atoms with Crippen molar-refractivity contribution in [2.75, 3.05) is 16.4 Å². The van der Waals surface area contributed by atoms with E-state index in [1.54, 1.807) is 4.90 Å². The second-order valence-electron chi connectivity index (χ2n) is 7.94. The summed E-state index contributed by atoms with van der Waals surface area (Å²) in [5.74, 6) is -0.0192. The van der Waals surface area contributed by atoms with Crippen LogP contribution in [0.5, 0.6) is 0 Å². The molecule has 3 heterocycles. The number of benzene rings is 2. The topological polar surface area (TPSA) is 107 Å². The highest BCUT2D eigenvalue weighted by atomic mass is 32.2. The van der Waals surface area contributed by atoms with E-state index < -0.39 is 0 Å². The van der Waals surface area contributed by atoms with Crippen LogP contribution >= 0.6 is 23.1 Å². The Labute approximate surface area is 211 Å². The van der Waals surface area contributed by atoms with E-state index in [-0.39, 0.29) is 28.6 Å². The van der Waals surface area contributed by atoms with Crippen LogP contribution in [-0.2, 0) is 17.6 Å². The number of anilines is 3. The van der Waals surface area contributed by atoms with Gasteiger partial charge < -0.3 is 5.73 Å². The van der Waals surface area contributed by atoms with E-state index in [0.717, 1.165) is 52.7 Å². The maximum Gasteiger partial charge on any atom is 0.241 e. The fourth-order valence-electron chi connectivity index (χ4n) is 4.34. The Morgan fingerprint density at radius 3 is 2.20 bits per heavy atom. The Kier molecular flexibility index (Phi) is 6.24. The molecule has 0 fully saturated rings. The SMILES string of the molecule is N#Cc1c(N)nc(SCC(=O)N2c3ccccc3CCc3ccccc32)c(C#N)c1-c1ccsc1. The van der Waals surface area contributed by atoms with Gasteiger partial charge in [0.1, 0.15) is 28.5 Å². The van der Waals surface area contributed by atoms with Gasteiger partial charge in [0, 0.05) is 5.56 Å².